The van der Waals surface area contributed by atoms with Crippen molar-refractivity contribution in [1.82, 2.24) is 10.3 Å². The van der Waals surface area contributed by atoms with Crippen molar-refractivity contribution in [2.24, 2.45) is 0 Å². The number of carbonyl (C=O) groups is 1. The van der Waals surface area contributed by atoms with Crippen LogP contribution in [0.3, 0.4) is 0 Å². The Balaban J connectivity index is 2.78. The summed E-state index contributed by atoms with van der Waals surface area (Å²) in [4.78, 5) is 15.5. The van der Waals surface area contributed by atoms with Gasteiger partial charge in [0, 0.05) is 12.2 Å². The van der Waals surface area contributed by atoms with Crippen LogP contribution in [-0.4, -0.2) is 22.0 Å². The molecule has 0 bridgehead atoms. The predicted octanol–water partition coefficient (Wildman–Crippen LogP) is 1.92. The molecule has 0 spiro atoms. The smallest absolute Gasteiger partial charge is 0.253 e. The van der Waals surface area contributed by atoms with E-state index in [-0.39, 0.29) is 17.7 Å². The molecule has 5 heteroatoms. The summed E-state index contributed by atoms with van der Waals surface area (Å²) < 4.78 is 0.493. The van der Waals surface area contributed by atoms with Gasteiger partial charge in [0.1, 0.15) is 9.45 Å². The molecule has 1 aromatic rings. The van der Waals surface area contributed by atoms with Gasteiger partial charge in [-0.15, -0.1) is 0 Å². The van der Waals surface area contributed by atoms with Crippen LogP contribution in [0.25, 0.3) is 0 Å². The lowest BCUT2D eigenvalue weighted by Gasteiger charge is -2.11. The number of hydrogen-bond donors (Lipinski definition) is 2. The zero-order chi connectivity index (χ0) is 11.4. The molecule has 82 valence electrons. The number of nitrogens with zero attached hydrogens (tertiary/aromatic N) is 1. The van der Waals surface area contributed by atoms with E-state index in [9.17, 15) is 9.90 Å². The molecule has 0 unspecified atom stereocenters. The van der Waals surface area contributed by atoms with Crippen molar-refractivity contribution < 1.29 is 9.90 Å². The fourth-order valence-corrected chi connectivity index (χ4v) is 1.26. The Hall–Kier alpha value is -0.850. The minimum Gasteiger partial charge on any atom is -0.505 e. The van der Waals surface area contributed by atoms with E-state index in [2.05, 4.69) is 10.3 Å². The molecular formula is C10H13IN2O2. The van der Waals surface area contributed by atoms with Crippen LogP contribution in [0.15, 0.2) is 12.3 Å². The Morgan fingerprint density at radius 3 is 2.93 bits per heavy atom. The summed E-state index contributed by atoms with van der Waals surface area (Å²) in [5, 5.41) is 12.2. The summed E-state index contributed by atoms with van der Waals surface area (Å²) in [6, 6.07) is 1.55. The monoisotopic (exact) mass is 320 g/mol. The zero-order valence-corrected chi connectivity index (χ0v) is 10.8. The fourth-order valence-electron chi connectivity index (χ4n) is 0.970. The van der Waals surface area contributed by atoms with Gasteiger partial charge in [-0.05, 0) is 42.0 Å². The lowest BCUT2D eigenvalue weighted by Crippen LogP contribution is -2.31. The van der Waals surface area contributed by atoms with Crippen molar-refractivity contribution in [3.8, 4) is 5.75 Å². The number of aromatic hydroxyl groups is 1. The second kappa shape index (κ2) is 5.29. The van der Waals surface area contributed by atoms with Crippen LogP contribution in [0.5, 0.6) is 5.75 Å². The van der Waals surface area contributed by atoms with E-state index in [0.717, 1.165) is 6.42 Å². The lowest BCUT2D eigenvalue weighted by molar-refractivity contribution is 0.0938. The Kier molecular flexibility index (Phi) is 4.31. The average molecular weight is 320 g/mol. The van der Waals surface area contributed by atoms with Crippen LogP contribution >= 0.6 is 22.6 Å². The van der Waals surface area contributed by atoms with E-state index in [0.29, 0.717) is 9.26 Å². The summed E-state index contributed by atoms with van der Waals surface area (Å²) in [7, 11) is 0. The van der Waals surface area contributed by atoms with E-state index >= 15 is 0 Å². The number of carbonyl (C=O) groups excluding carboxylic acids is 1. The summed E-state index contributed by atoms with van der Waals surface area (Å²) in [6.07, 6.45) is 2.33. The van der Waals surface area contributed by atoms with Gasteiger partial charge in [0.25, 0.3) is 5.91 Å². The molecule has 2 N–H and O–H groups in total. The van der Waals surface area contributed by atoms with Gasteiger partial charge in [-0.3, -0.25) is 4.79 Å². The third kappa shape index (κ3) is 3.33. The highest BCUT2D eigenvalue weighted by molar-refractivity contribution is 14.1. The first-order chi connectivity index (χ1) is 7.04. The van der Waals surface area contributed by atoms with Crippen molar-refractivity contribution in [1.29, 1.82) is 0 Å². The second-order valence-electron chi connectivity index (χ2n) is 3.32. The van der Waals surface area contributed by atoms with E-state index in [1.165, 1.54) is 12.3 Å². The van der Waals surface area contributed by atoms with Crippen LogP contribution in [0, 0.1) is 3.70 Å². The lowest BCUT2D eigenvalue weighted by atomic mass is 10.2. The van der Waals surface area contributed by atoms with Crippen LogP contribution in [0.1, 0.15) is 30.6 Å². The Morgan fingerprint density at radius 2 is 2.40 bits per heavy atom. The molecule has 1 heterocycles. The van der Waals surface area contributed by atoms with Crippen LogP contribution < -0.4 is 5.32 Å². The third-order valence-corrected chi connectivity index (χ3v) is 2.90. The number of halogens is 1. The number of rotatable bonds is 3. The molecule has 1 rings (SSSR count). The van der Waals surface area contributed by atoms with Crippen molar-refractivity contribution in [2.45, 2.75) is 26.3 Å². The molecule has 0 fully saturated rings. The minimum atomic E-state index is -0.205. The maximum Gasteiger partial charge on any atom is 0.253 e. The van der Waals surface area contributed by atoms with Crippen LogP contribution in [0.4, 0.5) is 0 Å². The Labute approximate surface area is 102 Å². The quantitative estimate of drug-likeness (QED) is 0.661. The standard InChI is InChI=1S/C10H13IN2O2/c1-3-6(2)13-10(15)7-4-8(14)9(11)12-5-7/h4-6,14H,3H2,1-2H3,(H,13,15)/t6-/m0/s1. The molecule has 0 aliphatic rings. The van der Waals surface area contributed by atoms with Gasteiger partial charge in [-0.1, -0.05) is 6.92 Å². The van der Waals surface area contributed by atoms with E-state index in [1.807, 2.05) is 36.4 Å². The maximum atomic E-state index is 11.6. The van der Waals surface area contributed by atoms with Gasteiger partial charge in [0.15, 0.2) is 0 Å². The molecular weight excluding hydrogens is 307 g/mol. The van der Waals surface area contributed by atoms with Gasteiger partial charge >= 0.3 is 0 Å². The number of aromatic nitrogens is 1. The molecule has 0 saturated carbocycles. The summed E-state index contributed by atoms with van der Waals surface area (Å²) in [5.41, 5.74) is 0.383. The SMILES string of the molecule is CC[C@H](C)NC(=O)c1cnc(I)c(O)c1. The second-order valence-corrected chi connectivity index (χ2v) is 4.34. The molecule has 1 aromatic heterocycles. The molecule has 4 nitrogen and oxygen atoms in total. The molecule has 0 aliphatic heterocycles. The first-order valence-corrected chi connectivity index (χ1v) is 5.77. The van der Waals surface area contributed by atoms with Crippen molar-refractivity contribution in [3.05, 3.63) is 21.5 Å². The number of hydrogen-bond acceptors (Lipinski definition) is 3. The highest BCUT2D eigenvalue weighted by atomic mass is 127. The molecule has 0 aromatic carbocycles. The minimum absolute atomic E-state index is 0.0346. The highest BCUT2D eigenvalue weighted by Crippen LogP contribution is 2.17. The van der Waals surface area contributed by atoms with E-state index in [1.54, 1.807) is 0 Å². The summed E-state index contributed by atoms with van der Waals surface area (Å²) in [6.45, 7) is 3.92. The van der Waals surface area contributed by atoms with Gasteiger partial charge in [-0.25, -0.2) is 4.98 Å². The van der Waals surface area contributed by atoms with Gasteiger partial charge in [0.05, 0.1) is 5.56 Å². The van der Waals surface area contributed by atoms with E-state index < -0.39 is 0 Å². The first-order valence-electron chi connectivity index (χ1n) is 4.70. The average Bonchev–Trinajstić information content (AvgIpc) is 2.21. The highest BCUT2D eigenvalue weighted by Gasteiger charge is 2.10. The molecule has 1 atom stereocenters. The van der Waals surface area contributed by atoms with Gasteiger partial charge in [-0.2, -0.15) is 0 Å². The maximum absolute atomic E-state index is 11.6. The van der Waals surface area contributed by atoms with Crippen LogP contribution in [-0.2, 0) is 0 Å². The zero-order valence-electron chi connectivity index (χ0n) is 8.62. The molecule has 0 radical (unpaired) electrons. The van der Waals surface area contributed by atoms with Gasteiger partial charge in [0.2, 0.25) is 0 Å². The number of nitrogens with one attached hydrogen (secondary N) is 1. The number of pyridine rings is 1. The Morgan fingerprint density at radius 1 is 1.73 bits per heavy atom. The van der Waals surface area contributed by atoms with Crippen molar-refractivity contribution in [3.63, 3.8) is 0 Å². The van der Waals surface area contributed by atoms with Crippen LogP contribution in [0.2, 0.25) is 0 Å². The Bertz CT molecular complexity index is 368. The summed E-state index contributed by atoms with van der Waals surface area (Å²) in [5.74, 6) is -0.170. The topological polar surface area (TPSA) is 62.2 Å². The normalized spacial score (nSPS) is 12.2. The van der Waals surface area contributed by atoms with Crippen molar-refractivity contribution in [2.75, 3.05) is 0 Å². The van der Waals surface area contributed by atoms with Crippen molar-refractivity contribution >= 4 is 28.5 Å². The van der Waals surface area contributed by atoms with Gasteiger partial charge < -0.3 is 10.4 Å². The van der Waals surface area contributed by atoms with E-state index in [4.69, 9.17) is 0 Å². The first kappa shape index (κ1) is 12.2. The largest absolute Gasteiger partial charge is 0.505 e. The third-order valence-electron chi connectivity index (χ3n) is 2.07. The molecule has 15 heavy (non-hydrogen) atoms. The summed E-state index contributed by atoms with van der Waals surface area (Å²) >= 11 is 1.90. The fraction of sp³-hybridized carbons (Fsp3) is 0.400. The predicted molar refractivity (Wildman–Crippen MR) is 65.8 cm³/mol. The number of amides is 1. The molecule has 1 amide bonds. The molecule has 0 saturated heterocycles. The molecule has 0 aliphatic carbocycles.